The second-order valence-electron chi connectivity index (χ2n) is 2.71. The van der Waals surface area contributed by atoms with Crippen LogP contribution in [0.3, 0.4) is 0 Å². The minimum atomic E-state index is -1.36. The van der Waals surface area contributed by atoms with E-state index in [4.69, 9.17) is 5.11 Å². The van der Waals surface area contributed by atoms with Crippen molar-refractivity contribution in [2.45, 2.75) is 0 Å². The van der Waals surface area contributed by atoms with E-state index in [2.05, 4.69) is 4.98 Å². The second-order valence-corrected chi connectivity index (χ2v) is 2.71. The third-order valence-electron chi connectivity index (χ3n) is 1.67. The predicted octanol–water partition coefficient (Wildman–Crippen LogP) is 0.927. The summed E-state index contributed by atoms with van der Waals surface area (Å²) in [6.45, 7) is -0.133. The molecule has 0 fully saturated rings. The van der Waals surface area contributed by atoms with Gasteiger partial charge in [0.1, 0.15) is 0 Å². The van der Waals surface area contributed by atoms with Crippen LogP contribution in [-0.2, 0) is 0 Å². The zero-order valence-corrected chi connectivity index (χ0v) is 7.47. The van der Waals surface area contributed by atoms with Crippen molar-refractivity contribution < 1.29 is 18.3 Å². The van der Waals surface area contributed by atoms with Gasteiger partial charge in [-0.3, -0.25) is 0 Å². The molecule has 1 heterocycles. The normalized spacial score (nSPS) is 10.4. The molecule has 0 aliphatic rings. The largest absolute Gasteiger partial charge is 0.395 e. The highest BCUT2D eigenvalue weighted by molar-refractivity contribution is 5.38. The first-order valence-corrected chi connectivity index (χ1v) is 3.89. The number of aliphatic hydroxyl groups is 1. The molecule has 6 heteroatoms. The lowest BCUT2D eigenvalue weighted by Crippen LogP contribution is -2.24. The fraction of sp³-hybridized carbons (Fsp3) is 0.375. The molecule has 0 aliphatic carbocycles. The lowest BCUT2D eigenvalue weighted by Gasteiger charge is -2.16. The van der Waals surface area contributed by atoms with Crippen molar-refractivity contribution in [3.05, 3.63) is 23.6 Å². The lowest BCUT2D eigenvalue weighted by atomic mass is 10.4. The van der Waals surface area contributed by atoms with Crippen molar-refractivity contribution >= 4 is 5.82 Å². The maximum atomic E-state index is 13.0. The van der Waals surface area contributed by atoms with E-state index in [0.29, 0.717) is 6.07 Å². The van der Waals surface area contributed by atoms with Gasteiger partial charge in [-0.2, -0.15) is 9.37 Å². The van der Waals surface area contributed by atoms with Crippen LogP contribution in [0.2, 0.25) is 0 Å². The van der Waals surface area contributed by atoms with E-state index < -0.39 is 17.6 Å². The predicted molar refractivity (Wildman–Crippen MR) is 44.5 cm³/mol. The summed E-state index contributed by atoms with van der Waals surface area (Å²) >= 11 is 0. The lowest BCUT2D eigenvalue weighted by molar-refractivity contribution is 0.303. The molecule has 0 saturated heterocycles. The maximum absolute atomic E-state index is 13.0. The molecule has 1 aromatic heterocycles. The van der Waals surface area contributed by atoms with Gasteiger partial charge in [-0.25, -0.2) is 8.78 Å². The van der Waals surface area contributed by atoms with Crippen LogP contribution in [0.15, 0.2) is 6.07 Å². The van der Waals surface area contributed by atoms with E-state index in [9.17, 15) is 13.2 Å². The van der Waals surface area contributed by atoms with E-state index in [1.54, 1.807) is 0 Å². The number of aliphatic hydroxyl groups excluding tert-OH is 1. The van der Waals surface area contributed by atoms with E-state index in [1.165, 1.54) is 11.9 Å². The molecule has 0 unspecified atom stereocenters. The fourth-order valence-corrected chi connectivity index (χ4v) is 0.959. The second kappa shape index (κ2) is 4.28. The Morgan fingerprint density at radius 1 is 1.36 bits per heavy atom. The van der Waals surface area contributed by atoms with Gasteiger partial charge >= 0.3 is 0 Å². The molecule has 78 valence electrons. The maximum Gasteiger partial charge on any atom is 0.251 e. The Labute approximate surface area is 78.8 Å². The van der Waals surface area contributed by atoms with Crippen LogP contribution in [0, 0.1) is 17.6 Å². The molecule has 3 nitrogen and oxygen atoms in total. The Morgan fingerprint density at radius 2 is 2.00 bits per heavy atom. The molecule has 0 aromatic carbocycles. The van der Waals surface area contributed by atoms with Crippen molar-refractivity contribution in [3.63, 3.8) is 0 Å². The van der Waals surface area contributed by atoms with Crippen molar-refractivity contribution in [2.24, 2.45) is 0 Å². The van der Waals surface area contributed by atoms with Crippen molar-refractivity contribution in [1.29, 1.82) is 0 Å². The fourth-order valence-electron chi connectivity index (χ4n) is 0.959. The van der Waals surface area contributed by atoms with Crippen LogP contribution in [-0.4, -0.2) is 30.3 Å². The average Bonchev–Trinajstić information content (AvgIpc) is 2.11. The SMILES string of the molecule is CN(CCO)c1nc(F)c(F)cc1F. The molecule has 0 atom stereocenters. The monoisotopic (exact) mass is 206 g/mol. The van der Waals surface area contributed by atoms with Gasteiger partial charge in [0.05, 0.1) is 6.61 Å². The topological polar surface area (TPSA) is 36.4 Å². The number of anilines is 1. The molecular formula is C8H9F3N2O. The number of hydrogen-bond donors (Lipinski definition) is 1. The highest BCUT2D eigenvalue weighted by Gasteiger charge is 2.14. The summed E-state index contributed by atoms with van der Waals surface area (Å²) in [4.78, 5) is 4.28. The van der Waals surface area contributed by atoms with Crippen LogP contribution in [0.5, 0.6) is 0 Å². The molecule has 1 N–H and O–H groups in total. The molecule has 1 aromatic rings. The zero-order valence-electron chi connectivity index (χ0n) is 7.47. The Kier molecular flexibility index (Phi) is 3.29. The van der Waals surface area contributed by atoms with E-state index in [-0.39, 0.29) is 19.0 Å². The smallest absolute Gasteiger partial charge is 0.251 e. The first-order chi connectivity index (χ1) is 6.56. The standard InChI is InChI=1S/C8H9F3N2O/c1-13(2-3-14)8-6(10)4-5(9)7(11)12-8/h4,14H,2-3H2,1H3. The minimum Gasteiger partial charge on any atom is -0.395 e. The summed E-state index contributed by atoms with van der Waals surface area (Å²) in [6, 6.07) is 0.422. The number of pyridine rings is 1. The zero-order chi connectivity index (χ0) is 10.7. The molecule has 0 amide bonds. The Hall–Kier alpha value is -1.30. The average molecular weight is 206 g/mol. The molecule has 0 radical (unpaired) electrons. The van der Waals surface area contributed by atoms with Gasteiger partial charge in [0.2, 0.25) is 0 Å². The summed E-state index contributed by atoms with van der Waals surface area (Å²) in [5.41, 5.74) is 0. The highest BCUT2D eigenvalue weighted by atomic mass is 19.2. The van der Waals surface area contributed by atoms with Gasteiger partial charge in [-0.15, -0.1) is 0 Å². The molecule has 0 bridgehead atoms. The van der Waals surface area contributed by atoms with Crippen molar-refractivity contribution in [3.8, 4) is 0 Å². The van der Waals surface area contributed by atoms with Gasteiger partial charge < -0.3 is 10.0 Å². The van der Waals surface area contributed by atoms with E-state index in [1.807, 2.05) is 0 Å². The summed E-state index contributed by atoms with van der Waals surface area (Å²) in [7, 11) is 1.42. The Bertz CT molecular complexity index is 333. The first-order valence-electron chi connectivity index (χ1n) is 3.89. The quantitative estimate of drug-likeness (QED) is 0.747. The van der Waals surface area contributed by atoms with Crippen molar-refractivity contribution in [1.82, 2.24) is 4.98 Å². The summed E-state index contributed by atoms with van der Waals surface area (Å²) in [5, 5.41) is 8.55. The molecular weight excluding hydrogens is 197 g/mol. The van der Waals surface area contributed by atoms with Crippen molar-refractivity contribution in [2.75, 3.05) is 25.1 Å². The minimum absolute atomic E-state index is 0.0923. The van der Waals surface area contributed by atoms with Gasteiger partial charge in [-0.1, -0.05) is 0 Å². The summed E-state index contributed by atoms with van der Waals surface area (Å²) < 4.78 is 38.1. The molecule has 0 aliphatic heterocycles. The van der Waals surface area contributed by atoms with Gasteiger partial charge in [-0.05, 0) is 0 Å². The molecule has 1 rings (SSSR count). The number of halogens is 3. The summed E-state index contributed by atoms with van der Waals surface area (Å²) in [6.07, 6.45) is 0. The van der Waals surface area contributed by atoms with Crippen LogP contribution in [0.4, 0.5) is 19.0 Å². The molecule has 0 spiro atoms. The number of rotatable bonds is 3. The van der Waals surface area contributed by atoms with Crippen LogP contribution >= 0.6 is 0 Å². The van der Waals surface area contributed by atoms with Gasteiger partial charge in [0.15, 0.2) is 17.5 Å². The van der Waals surface area contributed by atoms with E-state index >= 15 is 0 Å². The van der Waals surface area contributed by atoms with Crippen LogP contribution < -0.4 is 4.90 Å². The highest BCUT2D eigenvalue weighted by Crippen LogP contribution is 2.17. The van der Waals surface area contributed by atoms with E-state index in [0.717, 1.165) is 0 Å². The number of aromatic nitrogens is 1. The number of nitrogens with zero attached hydrogens (tertiary/aromatic N) is 2. The molecule has 0 saturated carbocycles. The van der Waals surface area contributed by atoms with Gasteiger partial charge in [0.25, 0.3) is 5.95 Å². The third kappa shape index (κ3) is 2.14. The number of likely N-dealkylation sites (N-methyl/N-ethyl adjacent to an activating group) is 1. The number of hydrogen-bond acceptors (Lipinski definition) is 3. The summed E-state index contributed by atoms with van der Waals surface area (Å²) in [5.74, 6) is -3.97. The van der Waals surface area contributed by atoms with Gasteiger partial charge in [0, 0.05) is 19.7 Å². The van der Waals surface area contributed by atoms with Crippen LogP contribution in [0.25, 0.3) is 0 Å². The molecule has 14 heavy (non-hydrogen) atoms. The Morgan fingerprint density at radius 3 is 2.57 bits per heavy atom. The third-order valence-corrected chi connectivity index (χ3v) is 1.67. The van der Waals surface area contributed by atoms with Crippen LogP contribution in [0.1, 0.15) is 0 Å². The Balaban J connectivity index is 3.02. The first kappa shape index (κ1) is 10.8.